The molecule has 0 aliphatic carbocycles. The van der Waals surface area contributed by atoms with Crippen LogP contribution in [-0.2, 0) is 38.4 Å². The summed E-state index contributed by atoms with van der Waals surface area (Å²) in [5.74, 6) is -2.47. The summed E-state index contributed by atoms with van der Waals surface area (Å²) in [4.78, 5) is 62.5. The van der Waals surface area contributed by atoms with Crippen LogP contribution in [0.1, 0.15) is 23.2 Å². The summed E-state index contributed by atoms with van der Waals surface area (Å²) in [5.41, 5.74) is 8.84. The number of carbonyl (C=O) groups is 4. The molecule has 4 aromatic rings. The first kappa shape index (κ1) is 33.1. The molecule has 0 bridgehead atoms. The van der Waals surface area contributed by atoms with Gasteiger partial charge in [-0.3, -0.25) is 14.4 Å². The molecule has 0 radical (unpaired) electrons. The number of amides is 3. The predicted octanol–water partition coefficient (Wildman–Crippen LogP) is 1.24. The Labute approximate surface area is 263 Å². The number of rotatable bonds is 16. The first-order valence-corrected chi connectivity index (χ1v) is 15.7. The van der Waals surface area contributed by atoms with Gasteiger partial charge in [0, 0.05) is 48.3 Å². The van der Waals surface area contributed by atoms with E-state index in [-0.39, 0.29) is 25.0 Å². The number of imidazole rings is 1. The zero-order valence-corrected chi connectivity index (χ0v) is 25.5. The minimum absolute atomic E-state index is 0.0237. The molecule has 238 valence electrons. The second-order valence-corrected chi connectivity index (χ2v) is 11.6. The van der Waals surface area contributed by atoms with Gasteiger partial charge in [-0.15, -0.1) is 0 Å². The highest BCUT2D eigenvalue weighted by atomic mass is 32.2. The summed E-state index contributed by atoms with van der Waals surface area (Å²) < 4.78 is 0. The van der Waals surface area contributed by atoms with Crippen molar-refractivity contribution in [2.24, 2.45) is 5.73 Å². The Bertz CT molecular complexity index is 1590. The highest BCUT2D eigenvalue weighted by Gasteiger charge is 2.31. The minimum atomic E-state index is -1.32. The largest absolute Gasteiger partial charge is 0.508 e. The van der Waals surface area contributed by atoms with Crippen molar-refractivity contribution in [1.82, 2.24) is 30.9 Å². The quantitative estimate of drug-likeness (QED) is 0.0888. The zero-order chi connectivity index (χ0) is 32.3. The standard InChI is InChI=1S/C31H37N7O6S/c1-45-11-10-23(32)28(40)36-25(13-19-15-34-24-5-3-2-4-22(19)24)29(41)37-26(14-20-16-33-17-35-20)30(42)38-27(31(43)44)12-18-6-8-21(39)9-7-18/h2-9,15-17,23,25-27,34,39H,10-14,32H2,1H3,(H,33,35)(H,36,40)(H,37,41)(H,38,42)(H,43,44). The fourth-order valence-corrected chi connectivity index (χ4v) is 5.31. The lowest BCUT2D eigenvalue weighted by Gasteiger charge is -2.25. The number of thioether (sulfide) groups is 1. The van der Waals surface area contributed by atoms with Crippen molar-refractivity contribution in [3.05, 3.63) is 84.1 Å². The Kier molecular flexibility index (Phi) is 11.6. The molecule has 4 rings (SSSR count). The predicted molar refractivity (Wildman–Crippen MR) is 171 cm³/mol. The molecule has 9 N–H and O–H groups in total. The van der Waals surface area contributed by atoms with Gasteiger partial charge in [-0.25, -0.2) is 9.78 Å². The number of phenolic OH excluding ortho intramolecular Hbond substituents is 1. The van der Waals surface area contributed by atoms with Crippen molar-refractivity contribution >= 4 is 46.4 Å². The van der Waals surface area contributed by atoms with E-state index >= 15 is 0 Å². The maximum atomic E-state index is 13.8. The second kappa shape index (κ2) is 15.8. The number of hydrogen-bond acceptors (Lipinski definition) is 8. The third kappa shape index (κ3) is 9.33. The molecule has 4 atom stereocenters. The molecule has 0 spiro atoms. The van der Waals surface area contributed by atoms with Gasteiger partial charge in [-0.05, 0) is 47.8 Å². The van der Waals surface area contributed by atoms with Crippen LogP contribution in [0.15, 0.2) is 67.3 Å². The summed E-state index contributed by atoms with van der Waals surface area (Å²) in [5, 5.41) is 28.3. The van der Waals surface area contributed by atoms with Gasteiger partial charge in [-0.2, -0.15) is 11.8 Å². The van der Waals surface area contributed by atoms with Crippen molar-refractivity contribution in [3.8, 4) is 5.75 Å². The monoisotopic (exact) mass is 635 g/mol. The van der Waals surface area contributed by atoms with Crippen LogP contribution in [0.2, 0.25) is 0 Å². The normalized spacial score (nSPS) is 13.8. The Balaban J connectivity index is 1.56. The van der Waals surface area contributed by atoms with Gasteiger partial charge in [0.15, 0.2) is 0 Å². The highest BCUT2D eigenvalue weighted by molar-refractivity contribution is 7.98. The van der Waals surface area contributed by atoms with E-state index in [0.29, 0.717) is 23.4 Å². The molecule has 0 saturated carbocycles. The molecule has 4 unspecified atom stereocenters. The molecular formula is C31H37N7O6S. The van der Waals surface area contributed by atoms with Crippen LogP contribution < -0.4 is 21.7 Å². The van der Waals surface area contributed by atoms with Gasteiger partial charge in [0.05, 0.1) is 12.4 Å². The van der Waals surface area contributed by atoms with Crippen LogP contribution in [0.3, 0.4) is 0 Å². The Hall–Kier alpha value is -4.82. The van der Waals surface area contributed by atoms with Crippen LogP contribution in [0.25, 0.3) is 10.9 Å². The maximum Gasteiger partial charge on any atom is 0.326 e. The lowest BCUT2D eigenvalue weighted by Crippen LogP contribution is -2.58. The smallest absolute Gasteiger partial charge is 0.326 e. The fraction of sp³-hybridized carbons (Fsp3) is 0.323. The molecule has 14 heteroatoms. The summed E-state index contributed by atoms with van der Waals surface area (Å²) in [7, 11) is 0. The van der Waals surface area contributed by atoms with Crippen molar-refractivity contribution in [3.63, 3.8) is 0 Å². The molecule has 45 heavy (non-hydrogen) atoms. The van der Waals surface area contributed by atoms with E-state index in [1.54, 1.807) is 30.1 Å². The van der Waals surface area contributed by atoms with E-state index in [1.165, 1.54) is 24.7 Å². The second-order valence-electron chi connectivity index (χ2n) is 10.6. The number of nitrogens with one attached hydrogen (secondary N) is 5. The number of aromatic hydroxyl groups is 1. The molecule has 2 aromatic carbocycles. The number of benzene rings is 2. The third-order valence-corrected chi connectivity index (χ3v) is 7.95. The topological polar surface area (TPSA) is 215 Å². The number of nitrogens with zero attached hydrogens (tertiary/aromatic N) is 1. The summed E-state index contributed by atoms with van der Waals surface area (Å²) in [6.07, 6.45) is 7.03. The number of carboxylic acids is 1. The van der Waals surface area contributed by atoms with Gasteiger partial charge in [0.2, 0.25) is 17.7 Å². The minimum Gasteiger partial charge on any atom is -0.508 e. The van der Waals surface area contributed by atoms with Gasteiger partial charge in [0.1, 0.15) is 23.9 Å². The van der Waals surface area contributed by atoms with Crippen LogP contribution in [0.4, 0.5) is 0 Å². The van der Waals surface area contributed by atoms with Crippen LogP contribution in [-0.4, -0.2) is 85.0 Å². The maximum absolute atomic E-state index is 13.8. The number of carboxylic acid groups (broad SMARTS) is 1. The number of aromatic amines is 2. The van der Waals surface area contributed by atoms with Crippen molar-refractivity contribution in [2.75, 3.05) is 12.0 Å². The fourth-order valence-electron chi connectivity index (χ4n) is 4.82. The number of H-pyrrole nitrogens is 2. The lowest BCUT2D eigenvalue weighted by atomic mass is 10.0. The van der Waals surface area contributed by atoms with Gasteiger partial charge >= 0.3 is 5.97 Å². The number of fused-ring (bicyclic) bond motifs is 1. The van der Waals surface area contributed by atoms with E-state index in [4.69, 9.17) is 5.73 Å². The molecule has 3 amide bonds. The number of nitrogens with two attached hydrogens (primary N) is 1. The number of para-hydroxylation sites is 1. The first-order chi connectivity index (χ1) is 21.6. The van der Waals surface area contributed by atoms with E-state index in [9.17, 15) is 29.4 Å². The van der Waals surface area contributed by atoms with Crippen LogP contribution >= 0.6 is 11.8 Å². The first-order valence-electron chi connectivity index (χ1n) is 14.3. The molecule has 2 heterocycles. The average Bonchev–Trinajstić information content (AvgIpc) is 3.69. The number of phenols is 1. The Morgan fingerprint density at radius 1 is 0.889 bits per heavy atom. The lowest BCUT2D eigenvalue weighted by molar-refractivity contribution is -0.142. The van der Waals surface area contributed by atoms with Crippen molar-refractivity contribution < 1.29 is 29.4 Å². The van der Waals surface area contributed by atoms with Crippen molar-refractivity contribution in [2.45, 2.75) is 49.9 Å². The number of aromatic nitrogens is 3. The molecule has 13 nitrogen and oxygen atoms in total. The van der Waals surface area contributed by atoms with E-state index in [0.717, 1.165) is 16.5 Å². The summed E-state index contributed by atoms with van der Waals surface area (Å²) >= 11 is 1.55. The van der Waals surface area contributed by atoms with E-state index in [1.807, 2.05) is 30.5 Å². The molecule has 0 aliphatic rings. The molecule has 2 aromatic heterocycles. The Morgan fingerprint density at radius 3 is 2.22 bits per heavy atom. The number of hydrogen-bond donors (Lipinski definition) is 8. The third-order valence-electron chi connectivity index (χ3n) is 7.30. The summed E-state index contributed by atoms with van der Waals surface area (Å²) in [6.45, 7) is 0. The molecular weight excluding hydrogens is 598 g/mol. The molecule has 0 fully saturated rings. The highest BCUT2D eigenvalue weighted by Crippen LogP contribution is 2.19. The zero-order valence-electron chi connectivity index (χ0n) is 24.7. The summed E-state index contributed by atoms with van der Waals surface area (Å²) in [6, 6.07) is 9.04. The van der Waals surface area contributed by atoms with Crippen LogP contribution in [0, 0.1) is 0 Å². The molecule has 0 aliphatic heterocycles. The van der Waals surface area contributed by atoms with Gasteiger partial charge < -0.3 is 41.9 Å². The van der Waals surface area contributed by atoms with Gasteiger partial charge in [0.25, 0.3) is 0 Å². The van der Waals surface area contributed by atoms with Gasteiger partial charge in [-0.1, -0.05) is 30.3 Å². The van der Waals surface area contributed by atoms with Crippen molar-refractivity contribution in [1.29, 1.82) is 0 Å². The SMILES string of the molecule is CSCCC(N)C(=O)NC(Cc1c[nH]c2ccccc12)C(=O)NC(Cc1cnc[nH]1)C(=O)NC(Cc1ccc(O)cc1)C(=O)O. The van der Waals surface area contributed by atoms with E-state index < -0.39 is 47.9 Å². The number of carbonyl (C=O) groups excluding carboxylic acids is 3. The number of aliphatic carboxylic acids is 1. The average molecular weight is 636 g/mol. The molecule has 0 saturated heterocycles. The van der Waals surface area contributed by atoms with Crippen LogP contribution in [0.5, 0.6) is 5.75 Å². The van der Waals surface area contributed by atoms with E-state index in [2.05, 4.69) is 30.9 Å². The Morgan fingerprint density at radius 2 is 1.56 bits per heavy atom.